The Kier molecular flexibility index (Phi) is 3.87. The number of carbonyl (C=O) groups is 1. The highest BCUT2D eigenvalue weighted by molar-refractivity contribution is 7.87. The van der Waals surface area contributed by atoms with Crippen LogP contribution >= 0.6 is 0 Å². The second-order valence-electron chi connectivity index (χ2n) is 5.05. The summed E-state index contributed by atoms with van der Waals surface area (Å²) in [5.74, 6) is -3.05. The highest BCUT2D eigenvalue weighted by Crippen LogP contribution is 2.28. The van der Waals surface area contributed by atoms with Gasteiger partial charge in [-0.15, -0.1) is 0 Å². The van der Waals surface area contributed by atoms with Gasteiger partial charge in [0.25, 0.3) is 5.92 Å². The Balaban J connectivity index is 2.64. The van der Waals surface area contributed by atoms with Crippen molar-refractivity contribution in [2.75, 3.05) is 13.1 Å². The number of nitrogens with one attached hydrogen (secondary N) is 1. The van der Waals surface area contributed by atoms with Crippen molar-refractivity contribution in [2.24, 2.45) is 0 Å². The largest absolute Gasteiger partial charge is 0.443 e. The minimum Gasteiger partial charge on any atom is -0.443 e. The first-order valence-electron chi connectivity index (χ1n) is 5.30. The van der Waals surface area contributed by atoms with Gasteiger partial charge in [0.2, 0.25) is 0 Å². The van der Waals surface area contributed by atoms with Crippen LogP contribution in [0.3, 0.4) is 0 Å². The zero-order valence-electron chi connectivity index (χ0n) is 10.4. The molecule has 1 N–H and O–H groups in total. The fourth-order valence-electron chi connectivity index (χ4n) is 1.38. The monoisotopic (exact) mass is 286 g/mol. The van der Waals surface area contributed by atoms with E-state index in [1.165, 1.54) is 0 Å². The zero-order valence-corrected chi connectivity index (χ0v) is 11.2. The van der Waals surface area contributed by atoms with Gasteiger partial charge < -0.3 is 4.74 Å². The van der Waals surface area contributed by atoms with E-state index in [1.807, 2.05) is 0 Å². The second-order valence-corrected chi connectivity index (χ2v) is 6.72. The average Bonchev–Trinajstić information content (AvgIpc) is 2.41. The molecule has 1 rings (SSSR count). The lowest BCUT2D eigenvalue weighted by Gasteiger charge is -2.21. The molecular weight excluding hydrogens is 270 g/mol. The number of alkyl halides is 2. The summed E-state index contributed by atoms with van der Waals surface area (Å²) in [5, 5.41) is 0. The third-order valence-electron chi connectivity index (χ3n) is 2.09. The fourth-order valence-corrected chi connectivity index (χ4v) is 2.45. The van der Waals surface area contributed by atoms with Gasteiger partial charge in [0, 0.05) is 13.0 Å². The molecule has 0 radical (unpaired) electrons. The van der Waals surface area contributed by atoms with E-state index in [4.69, 9.17) is 4.74 Å². The molecule has 0 spiro atoms. The Morgan fingerprint density at radius 2 is 1.94 bits per heavy atom. The minimum atomic E-state index is -4.27. The Morgan fingerprint density at radius 1 is 1.39 bits per heavy atom. The molecule has 9 heteroatoms. The van der Waals surface area contributed by atoms with E-state index < -0.39 is 40.8 Å². The second kappa shape index (κ2) is 4.61. The normalized spacial score (nSPS) is 20.7. The smallest absolute Gasteiger partial charge is 0.422 e. The number of nitrogens with zero attached hydrogens (tertiary/aromatic N) is 1. The van der Waals surface area contributed by atoms with E-state index in [-0.39, 0.29) is 6.54 Å². The summed E-state index contributed by atoms with van der Waals surface area (Å²) in [6, 6.07) is 0. The van der Waals surface area contributed by atoms with Crippen molar-refractivity contribution in [3.63, 3.8) is 0 Å². The van der Waals surface area contributed by atoms with Crippen molar-refractivity contribution >= 4 is 16.3 Å². The Labute approximate surface area is 104 Å². The van der Waals surface area contributed by atoms with Gasteiger partial charge in [0.05, 0.1) is 6.54 Å². The lowest BCUT2D eigenvalue weighted by atomic mass is 10.2. The summed E-state index contributed by atoms with van der Waals surface area (Å²) >= 11 is 0. The summed E-state index contributed by atoms with van der Waals surface area (Å²) < 4.78 is 55.8. The predicted octanol–water partition coefficient (Wildman–Crippen LogP) is 1.10. The van der Waals surface area contributed by atoms with Gasteiger partial charge in [-0.25, -0.2) is 18.3 Å². The van der Waals surface area contributed by atoms with Crippen molar-refractivity contribution in [2.45, 2.75) is 38.7 Å². The maximum absolute atomic E-state index is 12.9. The van der Waals surface area contributed by atoms with Crippen molar-refractivity contribution in [3.05, 3.63) is 0 Å². The van der Waals surface area contributed by atoms with E-state index in [0.29, 0.717) is 4.31 Å². The van der Waals surface area contributed by atoms with Crippen LogP contribution < -0.4 is 4.72 Å². The quantitative estimate of drug-likeness (QED) is 0.824. The van der Waals surface area contributed by atoms with Crippen LogP contribution in [0.2, 0.25) is 0 Å². The summed E-state index contributed by atoms with van der Waals surface area (Å²) in [7, 11) is -4.27. The molecular formula is C9H16F2N2O4S. The van der Waals surface area contributed by atoms with Crippen molar-refractivity contribution in [1.82, 2.24) is 9.03 Å². The maximum Gasteiger partial charge on any atom is 0.422 e. The molecule has 0 unspecified atom stereocenters. The lowest BCUT2D eigenvalue weighted by molar-refractivity contribution is 0.0180. The van der Waals surface area contributed by atoms with Crippen LogP contribution in [0.25, 0.3) is 0 Å². The van der Waals surface area contributed by atoms with E-state index >= 15 is 0 Å². The van der Waals surface area contributed by atoms with Crippen LogP contribution in [-0.2, 0) is 14.9 Å². The van der Waals surface area contributed by atoms with Gasteiger partial charge in [0.1, 0.15) is 5.60 Å². The number of amides is 1. The Morgan fingerprint density at radius 3 is 2.33 bits per heavy atom. The van der Waals surface area contributed by atoms with Crippen molar-refractivity contribution < 1.29 is 26.7 Å². The number of hydrogen-bond donors (Lipinski definition) is 1. The minimum absolute atomic E-state index is 0.328. The lowest BCUT2D eigenvalue weighted by Crippen LogP contribution is -2.45. The van der Waals surface area contributed by atoms with E-state index in [1.54, 1.807) is 25.5 Å². The van der Waals surface area contributed by atoms with Gasteiger partial charge in [-0.2, -0.15) is 12.7 Å². The summed E-state index contributed by atoms with van der Waals surface area (Å²) in [4.78, 5) is 11.3. The number of hydrogen-bond acceptors (Lipinski definition) is 4. The molecule has 0 atom stereocenters. The molecule has 0 aromatic rings. The van der Waals surface area contributed by atoms with Crippen LogP contribution in [0.5, 0.6) is 0 Å². The highest BCUT2D eigenvalue weighted by atomic mass is 32.2. The SMILES string of the molecule is CC(C)(C)OC(=O)NS(=O)(=O)N1CCC(F)(F)C1. The molecule has 1 amide bonds. The maximum atomic E-state index is 12.9. The van der Waals surface area contributed by atoms with E-state index in [0.717, 1.165) is 0 Å². The molecule has 6 nitrogen and oxygen atoms in total. The van der Waals surface area contributed by atoms with Crippen LogP contribution in [0.1, 0.15) is 27.2 Å². The number of halogens is 2. The molecule has 18 heavy (non-hydrogen) atoms. The first-order chi connectivity index (χ1) is 7.91. The third-order valence-corrected chi connectivity index (χ3v) is 3.50. The molecule has 0 saturated carbocycles. The molecule has 106 valence electrons. The molecule has 1 aliphatic rings. The van der Waals surface area contributed by atoms with Gasteiger partial charge >= 0.3 is 16.3 Å². The van der Waals surface area contributed by atoms with E-state index in [9.17, 15) is 22.0 Å². The zero-order chi connectivity index (χ0) is 14.2. The van der Waals surface area contributed by atoms with Crippen molar-refractivity contribution in [3.8, 4) is 0 Å². The molecule has 1 saturated heterocycles. The average molecular weight is 286 g/mol. The van der Waals surface area contributed by atoms with Crippen molar-refractivity contribution in [1.29, 1.82) is 0 Å². The molecule has 0 bridgehead atoms. The first kappa shape index (κ1) is 15.1. The van der Waals surface area contributed by atoms with Gasteiger partial charge in [0.15, 0.2) is 0 Å². The topological polar surface area (TPSA) is 75.7 Å². The molecule has 1 fully saturated rings. The van der Waals surface area contributed by atoms with Gasteiger partial charge in [-0.05, 0) is 20.8 Å². The Hall–Kier alpha value is -0.960. The number of ether oxygens (including phenoxy) is 1. The van der Waals surface area contributed by atoms with Crippen LogP contribution in [-0.4, -0.2) is 43.4 Å². The summed E-state index contributed by atoms with van der Waals surface area (Å²) in [6.45, 7) is 3.42. The summed E-state index contributed by atoms with van der Waals surface area (Å²) in [5.41, 5.74) is -0.867. The van der Waals surface area contributed by atoms with Crippen LogP contribution in [0.4, 0.5) is 13.6 Å². The van der Waals surface area contributed by atoms with Crippen LogP contribution in [0.15, 0.2) is 0 Å². The number of rotatable bonds is 2. The standard InChI is InChI=1S/C9H16F2N2O4S/c1-8(2,3)17-7(14)12-18(15,16)13-5-4-9(10,11)6-13/h4-6H2,1-3H3,(H,12,14). The highest BCUT2D eigenvalue weighted by Gasteiger charge is 2.44. The molecule has 0 aromatic carbocycles. The van der Waals surface area contributed by atoms with Gasteiger partial charge in [-0.1, -0.05) is 0 Å². The molecule has 0 aromatic heterocycles. The molecule has 1 aliphatic heterocycles. The number of carbonyl (C=O) groups excluding carboxylic acids is 1. The predicted molar refractivity (Wildman–Crippen MR) is 59.4 cm³/mol. The van der Waals surface area contributed by atoms with E-state index in [2.05, 4.69) is 0 Å². The fraction of sp³-hybridized carbons (Fsp3) is 0.889. The molecule has 0 aliphatic carbocycles. The third kappa shape index (κ3) is 4.37. The summed E-state index contributed by atoms with van der Waals surface area (Å²) in [6.07, 6.45) is -1.74. The van der Waals surface area contributed by atoms with Gasteiger partial charge in [-0.3, -0.25) is 0 Å². The first-order valence-corrected chi connectivity index (χ1v) is 6.74. The Bertz CT molecular complexity index is 430. The molecule has 1 heterocycles. The van der Waals surface area contributed by atoms with Crippen LogP contribution in [0, 0.1) is 0 Å².